The molecule has 0 amide bonds. The van der Waals surface area contributed by atoms with E-state index in [1.807, 2.05) is 54.6 Å². The van der Waals surface area contributed by atoms with Crippen LogP contribution in [0.5, 0.6) is 0 Å². The van der Waals surface area contributed by atoms with Crippen LogP contribution in [0, 0.1) is 0 Å². The molecule has 3 N–H and O–H groups in total. The van der Waals surface area contributed by atoms with E-state index in [1.165, 1.54) is 15.9 Å². The van der Waals surface area contributed by atoms with E-state index in [4.69, 9.17) is 15.6 Å². The summed E-state index contributed by atoms with van der Waals surface area (Å²) < 4.78 is 5.53. The van der Waals surface area contributed by atoms with E-state index in [2.05, 4.69) is 36.4 Å². The fraction of sp³-hybridized carbons (Fsp3) is 0.200. The number of benzene rings is 3. The van der Waals surface area contributed by atoms with Crippen molar-refractivity contribution in [2.24, 2.45) is 5.73 Å². The number of hydrogen-bond donors (Lipinski definition) is 2. The molecule has 168 valence electrons. The van der Waals surface area contributed by atoms with Gasteiger partial charge in [-0.3, -0.25) is 9.59 Å². The molecule has 5 nitrogen and oxygen atoms in total. The summed E-state index contributed by atoms with van der Waals surface area (Å²) in [6.45, 7) is 0.200. The Morgan fingerprint density at radius 1 is 0.812 bits per heavy atom. The number of esters is 1. The van der Waals surface area contributed by atoms with Crippen molar-refractivity contribution in [2.75, 3.05) is 12.8 Å². The zero-order valence-corrected chi connectivity index (χ0v) is 20.1. The van der Waals surface area contributed by atoms with Crippen molar-refractivity contribution in [1.29, 1.82) is 0 Å². The Balaban J connectivity index is 0.00000363. The third-order valence-corrected chi connectivity index (χ3v) is 9.63. The SMILES string of the molecule is NC(CCC(=O)O)C(=O)OCC[P+](c1ccccc1)(c1ccccc1)c1ccccc1.[Br-]. The maximum Gasteiger partial charge on any atom is 0.323 e. The summed E-state index contributed by atoms with van der Waals surface area (Å²) in [4.78, 5) is 23.1. The molecule has 0 spiro atoms. The molecule has 3 aromatic carbocycles. The second-order valence-electron chi connectivity index (χ2n) is 7.25. The van der Waals surface area contributed by atoms with Crippen molar-refractivity contribution in [3.63, 3.8) is 0 Å². The van der Waals surface area contributed by atoms with Crippen molar-refractivity contribution in [3.05, 3.63) is 91.0 Å². The second kappa shape index (κ2) is 12.5. The molecule has 0 aromatic heterocycles. The quantitative estimate of drug-likeness (QED) is 0.286. The summed E-state index contributed by atoms with van der Waals surface area (Å²) in [5, 5.41) is 12.4. The summed E-state index contributed by atoms with van der Waals surface area (Å²) >= 11 is 0. The lowest BCUT2D eigenvalue weighted by molar-refractivity contribution is -0.145. The fourth-order valence-electron chi connectivity index (χ4n) is 3.67. The third-order valence-electron chi connectivity index (χ3n) is 5.23. The number of halogens is 1. The Bertz CT molecular complexity index is 890. The average molecular weight is 516 g/mol. The lowest BCUT2D eigenvalue weighted by Crippen LogP contribution is -3.00. The molecule has 0 fully saturated rings. The highest BCUT2D eigenvalue weighted by Gasteiger charge is 2.45. The van der Waals surface area contributed by atoms with E-state index in [-0.39, 0.29) is 36.4 Å². The highest BCUT2D eigenvalue weighted by molar-refractivity contribution is 7.95. The van der Waals surface area contributed by atoms with Crippen LogP contribution in [0.2, 0.25) is 0 Å². The Morgan fingerprint density at radius 2 is 1.22 bits per heavy atom. The number of hydrogen-bond acceptors (Lipinski definition) is 4. The summed E-state index contributed by atoms with van der Waals surface area (Å²) in [7, 11) is -2.08. The van der Waals surface area contributed by atoms with Crippen LogP contribution in [0.25, 0.3) is 0 Å². The maximum absolute atomic E-state index is 12.3. The first-order valence-corrected chi connectivity index (χ1v) is 12.2. The molecule has 7 heteroatoms. The minimum atomic E-state index is -2.08. The van der Waals surface area contributed by atoms with Crippen molar-refractivity contribution in [3.8, 4) is 0 Å². The van der Waals surface area contributed by atoms with Crippen LogP contribution in [0.1, 0.15) is 12.8 Å². The summed E-state index contributed by atoms with van der Waals surface area (Å²) in [6, 6.07) is 30.0. The zero-order valence-electron chi connectivity index (χ0n) is 17.6. The van der Waals surface area contributed by atoms with E-state index in [0.29, 0.717) is 6.16 Å². The monoisotopic (exact) mass is 515 g/mol. The molecule has 0 radical (unpaired) electrons. The first kappa shape index (κ1) is 25.7. The van der Waals surface area contributed by atoms with Gasteiger partial charge in [0.25, 0.3) is 0 Å². The highest BCUT2D eigenvalue weighted by Crippen LogP contribution is 2.54. The van der Waals surface area contributed by atoms with Gasteiger partial charge in [-0.25, -0.2) is 0 Å². The Morgan fingerprint density at radius 3 is 1.59 bits per heavy atom. The van der Waals surface area contributed by atoms with Crippen molar-refractivity contribution < 1.29 is 36.4 Å². The molecule has 3 rings (SSSR count). The van der Waals surface area contributed by atoms with E-state index in [9.17, 15) is 9.59 Å². The average Bonchev–Trinajstić information content (AvgIpc) is 2.82. The van der Waals surface area contributed by atoms with Gasteiger partial charge in [0, 0.05) is 6.42 Å². The Kier molecular flexibility index (Phi) is 10.0. The normalized spacial score (nSPS) is 11.8. The number of carboxylic acid groups (broad SMARTS) is 1. The van der Waals surface area contributed by atoms with Gasteiger partial charge < -0.3 is 32.6 Å². The van der Waals surface area contributed by atoms with Crippen molar-refractivity contribution in [1.82, 2.24) is 0 Å². The van der Waals surface area contributed by atoms with Gasteiger partial charge in [0.1, 0.15) is 42.0 Å². The van der Waals surface area contributed by atoms with Crippen LogP contribution < -0.4 is 38.6 Å². The van der Waals surface area contributed by atoms with E-state index in [0.717, 1.165) is 0 Å². The van der Waals surface area contributed by atoms with Crippen LogP contribution in [0.4, 0.5) is 0 Å². The predicted molar refractivity (Wildman–Crippen MR) is 126 cm³/mol. The molecule has 0 aliphatic rings. The van der Waals surface area contributed by atoms with Crippen LogP contribution in [0.15, 0.2) is 91.0 Å². The van der Waals surface area contributed by atoms with Gasteiger partial charge in [-0.2, -0.15) is 0 Å². The predicted octanol–water partition coefficient (Wildman–Crippen LogP) is -0.280. The first-order valence-electron chi connectivity index (χ1n) is 10.2. The van der Waals surface area contributed by atoms with Gasteiger partial charge in [-0.1, -0.05) is 54.6 Å². The minimum absolute atomic E-state index is 0. The van der Waals surface area contributed by atoms with E-state index in [1.54, 1.807) is 0 Å². The van der Waals surface area contributed by atoms with Gasteiger partial charge in [0.05, 0.1) is 0 Å². The zero-order chi connectivity index (χ0) is 22.1. The fourth-order valence-corrected chi connectivity index (χ4v) is 7.75. The van der Waals surface area contributed by atoms with Crippen LogP contribution >= 0.6 is 7.26 Å². The van der Waals surface area contributed by atoms with E-state index >= 15 is 0 Å². The first-order chi connectivity index (χ1) is 15.0. The van der Waals surface area contributed by atoms with Crippen molar-refractivity contribution >= 4 is 35.1 Å². The number of nitrogens with two attached hydrogens (primary N) is 1. The molecule has 0 heterocycles. The summed E-state index contributed by atoms with van der Waals surface area (Å²) in [5.41, 5.74) is 5.82. The topological polar surface area (TPSA) is 89.6 Å². The number of carbonyl (C=O) groups excluding carboxylic acids is 1. The molecule has 0 aliphatic heterocycles. The summed E-state index contributed by atoms with van der Waals surface area (Å²) in [6.07, 6.45) is 0.526. The summed E-state index contributed by atoms with van der Waals surface area (Å²) in [5.74, 6) is -1.54. The van der Waals surface area contributed by atoms with Crippen molar-refractivity contribution in [2.45, 2.75) is 18.9 Å². The van der Waals surface area contributed by atoms with Gasteiger partial charge in [-0.05, 0) is 42.8 Å². The number of ether oxygens (including phenoxy) is 1. The van der Waals surface area contributed by atoms with Gasteiger partial charge in [0.2, 0.25) is 0 Å². The molecule has 0 bridgehead atoms. The molecule has 3 aromatic rings. The Hall–Kier alpha value is -2.53. The molecule has 32 heavy (non-hydrogen) atoms. The van der Waals surface area contributed by atoms with Crippen LogP contribution in [0.3, 0.4) is 0 Å². The van der Waals surface area contributed by atoms with E-state index < -0.39 is 25.2 Å². The number of carbonyl (C=O) groups is 2. The standard InChI is InChI=1S/C25H26NO4P.BrH/c26-23(16-17-24(27)28)25(29)30-18-19-31(20-10-4-1-5-11-20,21-12-6-2-7-13-21)22-14-8-3-9-15-22;/h1-15,23H,16-19,26H2;1H. The third kappa shape index (κ3) is 6.26. The number of carboxylic acids is 1. The van der Waals surface area contributed by atoms with Crippen LogP contribution in [-0.4, -0.2) is 35.9 Å². The minimum Gasteiger partial charge on any atom is -1.00 e. The highest BCUT2D eigenvalue weighted by atomic mass is 79.9. The molecule has 0 saturated carbocycles. The molecular formula is C25H27BrNO4P. The largest absolute Gasteiger partial charge is 1.00 e. The lowest BCUT2D eigenvalue weighted by atomic mass is 10.2. The Labute approximate surface area is 199 Å². The molecular weight excluding hydrogens is 489 g/mol. The smallest absolute Gasteiger partial charge is 0.323 e. The molecule has 1 atom stereocenters. The van der Waals surface area contributed by atoms with Crippen LogP contribution in [-0.2, 0) is 14.3 Å². The number of rotatable bonds is 10. The lowest BCUT2D eigenvalue weighted by Gasteiger charge is -2.27. The van der Waals surface area contributed by atoms with Gasteiger partial charge in [0.15, 0.2) is 0 Å². The second-order valence-corrected chi connectivity index (χ2v) is 10.9. The molecule has 0 aliphatic carbocycles. The van der Waals surface area contributed by atoms with Gasteiger partial charge in [-0.15, -0.1) is 0 Å². The molecule has 1 unspecified atom stereocenters. The molecule has 0 saturated heterocycles. The maximum atomic E-state index is 12.3. The van der Waals surface area contributed by atoms with Gasteiger partial charge >= 0.3 is 11.9 Å². The number of aliphatic carboxylic acids is 1.